The van der Waals surface area contributed by atoms with E-state index in [4.69, 9.17) is 4.42 Å². The van der Waals surface area contributed by atoms with Gasteiger partial charge in [-0.1, -0.05) is 30.3 Å². The molecule has 0 aliphatic heterocycles. The fourth-order valence-corrected chi connectivity index (χ4v) is 4.07. The molecule has 0 aliphatic carbocycles. The second-order valence-electron chi connectivity index (χ2n) is 7.70. The van der Waals surface area contributed by atoms with Crippen molar-refractivity contribution in [3.8, 4) is 0 Å². The average Bonchev–Trinajstić information content (AvgIpc) is 3.14. The molecule has 0 aliphatic rings. The lowest BCUT2D eigenvalue weighted by Crippen LogP contribution is -2.23. The Balaban J connectivity index is 1.65. The van der Waals surface area contributed by atoms with Crippen LogP contribution >= 0.6 is 0 Å². The third-order valence-electron chi connectivity index (χ3n) is 5.15. The molecule has 4 aromatic rings. The van der Waals surface area contributed by atoms with Crippen LogP contribution < -0.4 is 5.32 Å². The molecule has 0 radical (unpaired) electrons. The number of oxazole rings is 1. The molecule has 164 valence electrons. The number of amides is 1. The molecule has 0 fully saturated rings. The van der Waals surface area contributed by atoms with Crippen LogP contribution in [0.4, 0.5) is 10.4 Å². The topological polar surface area (TPSA) is 89.3 Å². The van der Waals surface area contributed by atoms with E-state index in [9.17, 15) is 17.6 Å². The van der Waals surface area contributed by atoms with Gasteiger partial charge in [0.1, 0.15) is 11.3 Å². The minimum Gasteiger partial charge on any atom is -0.423 e. The molecule has 1 amide bonds. The van der Waals surface area contributed by atoms with Gasteiger partial charge in [0, 0.05) is 6.26 Å². The Morgan fingerprint density at radius 2 is 1.75 bits per heavy atom. The van der Waals surface area contributed by atoms with Crippen LogP contribution in [0.25, 0.3) is 11.1 Å². The van der Waals surface area contributed by atoms with E-state index in [1.165, 1.54) is 24.3 Å². The van der Waals surface area contributed by atoms with Crippen LogP contribution in [0.15, 0.2) is 76.0 Å². The normalized spacial score (nSPS) is 12.6. The van der Waals surface area contributed by atoms with E-state index >= 15 is 0 Å². The van der Waals surface area contributed by atoms with Gasteiger partial charge >= 0.3 is 6.01 Å². The highest BCUT2D eigenvalue weighted by molar-refractivity contribution is 7.90. The highest BCUT2D eigenvalue weighted by Crippen LogP contribution is 2.26. The number of carbonyl (C=O) groups is 1. The number of benzene rings is 3. The van der Waals surface area contributed by atoms with Crippen molar-refractivity contribution in [2.24, 2.45) is 0 Å². The number of hydrogen-bond donors (Lipinski definition) is 1. The predicted molar refractivity (Wildman–Crippen MR) is 120 cm³/mol. The van der Waals surface area contributed by atoms with Crippen molar-refractivity contribution < 1.29 is 22.0 Å². The van der Waals surface area contributed by atoms with Crippen molar-refractivity contribution in [1.29, 1.82) is 0 Å². The molecule has 1 aromatic heterocycles. The van der Waals surface area contributed by atoms with Crippen LogP contribution in [0.1, 0.15) is 22.6 Å². The lowest BCUT2D eigenvalue weighted by atomic mass is 9.91. The summed E-state index contributed by atoms with van der Waals surface area (Å²) in [5.74, 6) is -1.41. The van der Waals surface area contributed by atoms with Crippen molar-refractivity contribution in [3.63, 3.8) is 0 Å². The minimum atomic E-state index is -3.36. The van der Waals surface area contributed by atoms with E-state index in [0.29, 0.717) is 16.7 Å². The number of hydrogen-bond acceptors (Lipinski definition) is 5. The van der Waals surface area contributed by atoms with Crippen LogP contribution in [-0.2, 0) is 21.1 Å². The molecule has 4 rings (SSSR count). The Bertz CT molecular complexity index is 1380. The van der Waals surface area contributed by atoms with Gasteiger partial charge in [-0.3, -0.25) is 10.1 Å². The lowest BCUT2D eigenvalue weighted by molar-refractivity contribution is -0.117. The maximum absolute atomic E-state index is 13.3. The zero-order chi connectivity index (χ0) is 22.9. The summed E-state index contributed by atoms with van der Waals surface area (Å²) < 4.78 is 42.6. The van der Waals surface area contributed by atoms with Crippen LogP contribution in [-0.4, -0.2) is 25.6 Å². The van der Waals surface area contributed by atoms with E-state index < -0.39 is 15.8 Å². The second-order valence-corrected chi connectivity index (χ2v) is 9.72. The minimum absolute atomic E-state index is 0.0764. The van der Waals surface area contributed by atoms with Gasteiger partial charge in [-0.15, -0.1) is 0 Å². The molecule has 1 heterocycles. The number of anilines is 1. The van der Waals surface area contributed by atoms with Crippen LogP contribution in [0.3, 0.4) is 0 Å². The Labute approximate surface area is 185 Å². The van der Waals surface area contributed by atoms with Crippen LogP contribution in [0.2, 0.25) is 0 Å². The SMILES string of the molecule is Cc1ccc2nc(NC(=O)C(Cc3ccc(F)cc3)c3ccc(S(C)(=O)=O)cc3)oc2c1. The Morgan fingerprint density at radius 3 is 2.41 bits per heavy atom. The smallest absolute Gasteiger partial charge is 0.302 e. The molecule has 0 spiro atoms. The van der Waals surface area contributed by atoms with E-state index in [2.05, 4.69) is 10.3 Å². The predicted octanol–water partition coefficient (Wildman–Crippen LogP) is 4.64. The summed E-state index contributed by atoms with van der Waals surface area (Å²) in [7, 11) is -3.36. The van der Waals surface area contributed by atoms with Crippen LogP contribution in [0.5, 0.6) is 0 Å². The number of rotatable bonds is 6. The first kappa shape index (κ1) is 21.7. The molecule has 1 N–H and O–H groups in total. The zero-order valence-electron chi connectivity index (χ0n) is 17.5. The number of nitrogens with zero attached hydrogens (tertiary/aromatic N) is 1. The molecule has 6 nitrogen and oxygen atoms in total. The molecule has 1 atom stereocenters. The number of fused-ring (bicyclic) bond motifs is 1. The summed E-state index contributed by atoms with van der Waals surface area (Å²) >= 11 is 0. The van der Waals surface area contributed by atoms with E-state index in [1.807, 2.05) is 25.1 Å². The summed E-state index contributed by atoms with van der Waals surface area (Å²) in [6.07, 6.45) is 1.41. The van der Waals surface area contributed by atoms with Gasteiger partial charge in [0.2, 0.25) is 5.91 Å². The Morgan fingerprint density at radius 1 is 1.06 bits per heavy atom. The number of carbonyl (C=O) groups excluding carboxylic acids is 1. The third-order valence-corrected chi connectivity index (χ3v) is 6.28. The summed E-state index contributed by atoms with van der Waals surface area (Å²) in [6, 6.07) is 17.7. The van der Waals surface area contributed by atoms with E-state index in [-0.39, 0.29) is 29.1 Å². The fraction of sp³-hybridized carbons (Fsp3) is 0.167. The largest absolute Gasteiger partial charge is 0.423 e. The second kappa shape index (κ2) is 8.55. The van der Waals surface area contributed by atoms with Crippen molar-refractivity contribution >= 4 is 32.9 Å². The molecular weight excluding hydrogens is 431 g/mol. The van der Waals surface area contributed by atoms with Crippen molar-refractivity contribution in [2.45, 2.75) is 24.2 Å². The van der Waals surface area contributed by atoms with Crippen molar-refractivity contribution in [3.05, 3.63) is 89.2 Å². The van der Waals surface area contributed by atoms with Gasteiger partial charge in [-0.05, 0) is 66.4 Å². The molecular formula is C24H21FN2O4S. The Kier molecular flexibility index (Phi) is 5.80. The molecule has 1 unspecified atom stereocenters. The summed E-state index contributed by atoms with van der Waals surface area (Å²) in [6.45, 7) is 1.93. The van der Waals surface area contributed by atoms with Crippen LogP contribution in [0, 0.1) is 12.7 Å². The zero-order valence-corrected chi connectivity index (χ0v) is 18.3. The third kappa shape index (κ3) is 4.86. The molecule has 0 saturated heterocycles. The van der Waals surface area contributed by atoms with Crippen molar-refractivity contribution in [1.82, 2.24) is 4.98 Å². The quantitative estimate of drug-likeness (QED) is 0.460. The maximum Gasteiger partial charge on any atom is 0.302 e. The molecule has 32 heavy (non-hydrogen) atoms. The molecule has 0 saturated carbocycles. The average molecular weight is 453 g/mol. The Hall–Kier alpha value is -3.52. The number of aromatic nitrogens is 1. The van der Waals surface area contributed by atoms with Crippen molar-refractivity contribution in [2.75, 3.05) is 11.6 Å². The molecule has 0 bridgehead atoms. The number of halogens is 1. The number of aryl methyl sites for hydroxylation is 1. The van der Waals surface area contributed by atoms with Gasteiger partial charge < -0.3 is 4.42 Å². The first-order valence-electron chi connectivity index (χ1n) is 9.91. The van der Waals surface area contributed by atoms with Gasteiger partial charge in [0.05, 0.1) is 10.8 Å². The van der Waals surface area contributed by atoms with Gasteiger partial charge in [-0.2, -0.15) is 4.98 Å². The highest BCUT2D eigenvalue weighted by Gasteiger charge is 2.24. The lowest BCUT2D eigenvalue weighted by Gasteiger charge is -2.17. The summed E-state index contributed by atoms with van der Waals surface area (Å²) in [5, 5.41) is 2.72. The van der Waals surface area contributed by atoms with Gasteiger partial charge in [-0.25, -0.2) is 12.8 Å². The van der Waals surface area contributed by atoms with Gasteiger partial charge in [0.15, 0.2) is 15.4 Å². The van der Waals surface area contributed by atoms with E-state index in [1.54, 1.807) is 24.3 Å². The summed E-state index contributed by atoms with van der Waals surface area (Å²) in [4.78, 5) is 17.7. The first-order chi connectivity index (χ1) is 15.2. The monoisotopic (exact) mass is 452 g/mol. The number of nitrogens with one attached hydrogen (secondary N) is 1. The maximum atomic E-state index is 13.3. The van der Waals surface area contributed by atoms with Gasteiger partial charge in [0.25, 0.3) is 0 Å². The molecule has 3 aromatic carbocycles. The van der Waals surface area contributed by atoms with E-state index in [0.717, 1.165) is 17.4 Å². The highest BCUT2D eigenvalue weighted by atomic mass is 32.2. The summed E-state index contributed by atoms with van der Waals surface area (Å²) in [5.41, 5.74) is 3.57. The fourth-order valence-electron chi connectivity index (χ4n) is 3.44. The standard InChI is InChI=1S/C24H21FN2O4S/c1-15-3-12-21-22(13-15)31-24(26-21)27-23(28)20(14-16-4-8-18(25)9-5-16)17-6-10-19(11-7-17)32(2,29)30/h3-13,20H,14H2,1-2H3,(H,26,27,28). The molecule has 8 heteroatoms. The first-order valence-corrected chi connectivity index (χ1v) is 11.8. The number of sulfone groups is 1.